The molecule has 0 aromatic carbocycles. The Balaban J connectivity index is 1.47. The van der Waals surface area contributed by atoms with Gasteiger partial charge in [0.15, 0.2) is 0 Å². The molecule has 0 bridgehead atoms. The van der Waals surface area contributed by atoms with Crippen LogP contribution in [0.1, 0.15) is 15.9 Å². The smallest absolute Gasteiger partial charge is 0.257 e. The van der Waals surface area contributed by atoms with E-state index < -0.39 is 0 Å². The number of ether oxygens (including phenoxy) is 1. The van der Waals surface area contributed by atoms with Gasteiger partial charge in [-0.2, -0.15) is 5.26 Å². The zero-order valence-corrected chi connectivity index (χ0v) is 15.6. The van der Waals surface area contributed by atoms with E-state index >= 15 is 0 Å². The Labute approximate surface area is 164 Å². The largest absolute Gasteiger partial charge is 0.378 e. The lowest BCUT2D eigenvalue weighted by atomic mass is 10.1. The number of nitrogens with zero attached hydrogens (tertiary/aromatic N) is 6. The maximum Gasteiger partial charge on any atom is 0.257 e. The number of rotatable bonds is 3. The summed E-state index contributed by atoms with van der Waals surface area (Å²) in [4.78, 5) is 28.0. The van der Waals surface area contributed by atoms with Crippen LogP contribution < -0.4 is 9.80 Å². The lowest BCUT2D eigenvalue weighted by Crippen LogP contribution is -2.49. The lowest BCUT2D eigenvalue weighted by molar-refractivity contribution is 0.0745. The molecule has 2 aromatic rings. The van der Waals surface area contributed by atoms with Gasteiger partial charge in [0.05, 0.1) is 24.3 Å². The first-order valence-electron chi connectivity index (χ1n) is 9.45. The second kappa shape index (κ2) is 8.23. The maximum absolute atomic E-state index is 13.2. The molecule has 0 saturated carbocycles. The van der Waals surface area contributed by atoms with Crippen LogP contribution in [0.15, 0.2) is 36.7 Å². The van der Waals surface area contributed by atoms with Gasteiger partial charge < -0.3 is 19.4 Å². The van der Waals surface area contributed by atoms with Crippen LogP contribution >= 0.6 is 0 Å². The minimum atomic E-state index is -0.00392. The number of hydrogen-bond donors (Lipinski definition) is 0. The summed E-state index contributed by atoms with van der Waals surface area (Å²) in [6, 6.07) is 9.37. The van der Waals surface area contributed by atoms with Gasteiger partial charge in [0.25, 0.3) is 5.91 Å². The molecule has 28 heavy (non-hydrogen) atoms. The monoisotopic (exact) mass is 378 g/mol. The van der Waals surface area contributed by atoms with Crippen LogP contribution in [-0.2, 0) is 4.74 Å². The Hall–Kier alpha value is -3.18. The van der Waals surface area contributed by atoms with Gasteiger partial charge in [-0.3, -0.25) is 4.79 Å². The standard InChI is InChI=1S/C20H22N6O2/c21-15-16-3-1-5-22-18(16)24-7-9-26(10-8-24)20(27)17-4-2-6-23-19(17)25-11-13-28-14-12-25/h1-6H,7-14H2. The zero-order valence-electron chi connectivity index (χ0n) is 15.6. The van der Waals surface area contributed by atoms with Gasteiger partial charge in [0, 0.05) is 51.7 Å². The molecule has 0 aliphatic carbocycles. The van der Waals surface area contributed by atoms with Crippen molar-refractivity contribution in [2.24, 2.45) is 0 Å². The summed E-state index contributed by atoms with van der Waals surface area (Å²) in [5.41, 5.74) is 1.19. The summed E-state index contributed by atoms with van der Waals surface area (Å²) >= 11 is 0. The van der Waals surface area contributed by atoms with E-state index in [4.69, 9.17) is 4.74 Å². The highest BCUT2D eigenvalue weighted by Gasteiger charge is 2.27. The molecule has 4 rings (SSSR count). The van der Waals surface area contributed by atoms with Gasteiger partial charge in [-0.05, 0) is 24.3 Å². The molecule has 2 aromatic heterocycles. The minimum absolute atomic E-state index is 0.00392. The van der Waals surface area contributed by atoms with Gasteiger partial charge in [-0.1, -0.05) is 0 Å². The van der Waals surface area contributed by atoms with E-state index in [-0.39, 0.29) is 5.91 Å². The van der Waals surface area contributed by atoms with Gasteiger partial charge in [0.1, 0.15) is 17.7 Å². The van der Waals surface area contributed by atoms with Crippen LogP contribution in [0, 0.1) is 11.3 Å². The fraction of sp³-hybridized carbons (Fsp3) is 0.400. The number of piperazine rings is 1. The fourth-order valence-corrected chi connectivity index (χ4v) is 3.62. The number of aromatic nitrogens is 2. The summed E-state index contributed by atoms with van der Waals surface area (Å²) in [6.45, 7) is 5.22. The van der Waals surface area contributed by atoms with Crippen LogP contribution in [0.25, 0.3) is 0 Å². The zero-order chi connectivity index (χ0) is 19.3. The van der Waals surface area contributed by atoms with Crippen molar-refractivity contribution in [1.29, 1.82) is 5.26 Å². The molecule has 0 radical (unpaired) electrons. The second-order valence-corrected chi connectivity index (χ2v) is 6.74. The molecule has 2 fully saturated rings. The van der Waals surface area contributed by atoms with Gasteiger partial charge in [-0.15, -0.1) is 0 Å². The Kier molecular flexibility index (Phi) is 5.35. The summed E-state index contributed by atoms with van der Waals surface area (Å²) < 4.78 is 5.41. The molecular weight excluding hydrogens is 356 g/mol. The Morgan fingerprint density at radius 2 is 1.57 bits per heavy atom. The number of nitriles is 1. The van der Waals surface area contributed by atoms with Crippen molar-refractivity contribution >= 4 is 17.5 Å². The number of hydrogen-bond acceptors (Lipinski definition) is 7. The van der Waals surface area contributed by atoms with Crippen LogP contribution in [0.2, 0.25) is 0 Å². The molecule has 1 amide bonds. The number of carbonyl (C=O) groups excluding carboxylic acids is 1. The quantitative estimate of drug-likeness (QED) is 0.792. The predicted molar refractivity (Wildman–Crippen MR) is 104 cm³/mol. The summed E-state index contributed by atoms with van der Waals surface area (Å²) in [6.07, 6.45) is 3.42. The van der Waals surface area contributed by atoms with Gasteiger partial charge in [0.2, 0.25) is 0 Å². The van der Waals surface area contributed by atoms with Crippen molar-refractivity contribution in [3.63, 3.8) is 0 Å². The number of anilines is 2. The number of amides is 1. The molecule has 2 aliphatic rings. The molecule has 0 atom stereocenters. The highest BCUT2D eigenvalue weighted by Crippen LogP contribution is 2.22. The Morgan fingerprint density at radius 3 is 2.29 bits per heavy atom. The number of morpholine rings is 1. The van der Waals surface area contributed by atoms with Crippen molar-refractivity contribution in [2.45, 2.75) is 0 Å². The van der Waals surface area contributed by atoms with Crippen molar-refractivity contribution in [3.8, 4) is 6.07 Å². The number of carbonyl (C=O) groups is 1. The SMILES string of the molecule is N#Cc1cccnc1N1CCN(C(=O)c2cccnc2N2CCOCC2)CC1. The molecule has 2 aliphatic heterocycles. The summed E-state index contributed by atoms with van der Waals surface area (Å²) in [5, 5.41) is 9.29. The van der Waals surface area contributed by atoms with Crippen LogP contribution in [0.5, 0.6) is 0 Å². The molecule has 2 saturated heterocycles. The van der Waals surface area contributed by atoms with Crippen molar-refractivity contribution in [2.75, 3.05) is 62.3 Å². The van der Waals surface area contributed by atoms with Crippen LogP contribution in [-0.4, -0.2) is 73.3 Å². The minimum Gasteiger partial charge on any atom is -0.378 e. The van der Waals surface area contributed by atoms with Crippen molar-refractivity contribution in [3.05, 3.63) is 47.8 Å². The normalized spacial score (nSPS) is 17.3. The topological polar surface area (TPSA) is 85.6 Å². The number of pyridine rings is 2. The maximum atomic E-state index is 13.2. The van der Waals surface area contributed by atoms with E-state index in [0.29, 0.717) is 56.3 Å². The summed E-state index contributed by atoms with van der Waals surface area (Å²) in [7, 11) is 0. The van der Waals surface area contributed by atoms with E-state index in [2.05, 4.69) is 25.8 Å². The third-order valence-electron chi connectivity index (χ3n) is 5.10. The van der Waals surface area contributed by atoms with Gasteiger partial charge >= 0.3 is 0 Å². The highest BCUT2D eigenvalue weighted by molar-refractivity contribution is 5.99. The average molecular weight is 378 g/mol. The van der Waals surface area contributed by atoms with Crippen molar-refractivity contribution in [1.82, 2.24) is 14.9 Å². The first kappa shape index (κ1) is 18.2. The second-order valence-electron chi connectivity index (χ2n) is 6.74. The molecular formula is C20H22N6O2. The lowest BCUT2D eigenvalue weighted by Gasteiger charge is -2.36. The van der Waals surface area contributed by atoms with Crippen molar-refractivity contribution < 1.29 is 9.53 Å². The average Bonchev–Trinajstić information content (AvgIpc) is 2.79. The van der Waals surface area contributed by atoms with E-state index in [0.717, 1.165) is 18.9 Å². The first-order chi connectivity index (χ1) is 13.8. The molecule has 0 unspecified atom stereocenters. The Bertz CT molecular complexity index is 882. The van der Waals surface area contributed by atoms with E-state index in [1.165, 1.54) is 0 Å². The van der Waals surface area contributed by atoms with Gasteiger partial charge in [-0.25, -0.2) is 9.97 Å². The van der Waals surface area contributed by atoms with Crippen LogP contribution in [0.4, 0.5) is 11.6 Å². The molecule has 0 N–H and O–H groups in total. The molecule has 4 heterocycles. The molecule has 144 valence electrons. The molecule has 8 heteroatoms. The predicted octanol–water partition coefficient (Wildman–Crippen LogP) is 1.15. The molecule has 0 spiro atoms. The van der Waals surface area contributed by atoms with E-state index in [9.17, 15) is 10.1 Å². The summed E-state index contributed by atoms with van der Waals surface area (Å²) in [5.74, 6) is 1.41. The third-order valence-corrected chi connectivity index (χ3v) is 5.10. The van der Waals surface area contributed by atoms with Crippen LogP contribution in [0.3, 0.4) is 0 Å². The third kappa shape index (κ3) is 3.62. The Morgan fingerprint density at radius 1 is 0.929 bits per heavy atom. The first-order valence-corrected chi connectivity index (χ1v) is 9.45. The molecule has 8 nitrogen and oxygen atoms in total. The fourth-order valence-electron chi connectivity index (χ4n) is 3.62. The van der Waals surface area contributed by atoms with E-state index in [1.807, 2.05) is 11.0 Å². The highest BCUT2D eigenvalue weighted by atomic mass is 16.5. The van der Waals surface area contributed by atoms with E-state index in [1.54, 1.807) is 30.6 Å².